The summed E-state index contributed by atoms with van der Waals surface area (Å²) in [5, 5.41) is 33.8. The van der Waals surface area contributed by atoms with E-state index in [4.69, 9.17) is 53.1 Å². The van der Waals surface area contributed by atoms with Crippen molar-refractivity contribution in [3.8, 4) is 0 Å². The van der Waals surface area contributed by atoms with Crippen LogP contribution in [-0.4, -0.2) is 170 Å². The van der Waals surface area contributed by atoms with Crippen molar-refractivity contribution in [3.05, 3.63) is 24.3 Å². The maximum absolute atomic E-state index is 13.4. The van der Waals surface area contributed by atoms with Gasteiger partial charge in [-0.15, -0.1) is 0 Å². The largest absolute Gasteiger partial charge is 0.462 e. The Morgan fingerprint density at radius 2 is 1.71 bits per heavy atom. The average Bonchev–Trinajstić information content (AvgIpc) is 3.17. The van der Waals surface area contributed by atoms with Crippen LogP contribution in [0.15, 0.2) is 24.3 Å². The van der Waals surface area contributed by atoms with Crippen molar-refractivity contribution in [3.63, 3.8) is 0 Å². The van der Waals surface area contributed by atoms with Gasteiger partial charge in [0.1, 0.15) is 42.9 Å². The second kappa shape index (κ2) is 24.4. The number of aliphatic hydroxyl groups is 3. The standard InChI is InChI=1S/C45H76N2O16/c1-24(2)55-42-43(52)62-36(23-45(42,8)53)61-39-28(6)58-44(38(51)37(39)46)63-40-30(19-20-48)21-25(3)32(60-35-18-17-31(47(9)10)27(5)57-35)16-14-12-13-15-26(4)56-34(50)22-33(41(40)54-11)59-29(7)49/h12-14,16,20,24-28,30-33,35-44,51-53H,15,17-19,21-23,46H2,1-11H3/b13-12+,16-14+/t25-,26-,27+,28+,30+,31-,32-,33-,35-,36-,37+,38+,39+,40+,41+,42+,43-,44-,45-/m1/s1. The molecule has 4 aliphatic heterocycles. The molecular formula is C45H76N2O16. The smallest absolute Gasteiger partial charge is 0.309 e. The van der Waals surface area contributed by atoms with Crippen LogP contribution in [-0.2, 0) is 61.8 Å². The molecule has 0 saturated carbocycles. The summed E-state index contributed by atoms with van der Waals surface area (Å²) in [5.74, 6) is -2.32. The van der Waals surface area contributed by atoms with Gasteiger partial charge in [-0.1, -0.05) is 31.2 Å². The number of methoxy groups -OCH3 is 1. The molecule has 0 aromatic heterocycles. The van der Waals surface area contributed by atoms with Crippen LogP contribution in [0, 0.1) is 11.8 Å². The molecule has 5 N–H and O–H groups in total. The zero-order chi connectivity index (χ0) is 46.8. The summed E-state index contributed by atoms with van der Waals surface area (Å²) in [4.78, 5) is 40.7. The van der Waals surface area contributed by atoms with Gasteiger partial charge in [0.15, 0.2) is 25.2 Å². The van der Waals surface area contributed by atoms with E-state index < -0.39 is 116 Å². The van der Waals surface area contributed by atoms with Crippen LogP contribution in [0.5, 0.6) is 0 Å². The number of carbonyl (C=O) groups is 3. The average molecular weight is 901 g/mol. The summed E-state index contributed by atoms with van der Waals surface area (Å²) in [6, 6.07) is -0.927. The lowest BCUT2D eigenvalue weighted by molar-refractivity contribution is -0.364. The molecule has 3 saturated heterocycles. The predicted octanol–water partition coefficient (Wildman–Crippen LogP) is 2.66. The molecule has 362 valence electrons. The van der Waals surface area contributed by atoms with Crippen molar-refractivity contribution < 1.29 is 77.1 Å². The third-order valence-electron chi connectivity index (χ3n) is 12.3. The molecule has 3 fully saturated rings. The van der Waals surface area contributed by atoms with Crippen LogP contribution in [0.4, 0.5) is 0 Å². The Balaban J connectivity index is 1.67. The highest BCUT2D eigenvalue weighted by Gasteiger charge is 2.52. The molecule has 18 nitrogen and oxygen atoms in total. The summed E-state index contributed by atoms with van der Waals surface area (Å²) in [6.45, 7) is 13.7. The van der Waals surface area contributed by atoms with E-state index in [-0.39, 0.29) is 43.4 Å². The molecule has 19 atom stereocenters. The van der Waals surface area contributed by atoms with Gasteiger partial charge in [-0.2, -0.15) is 0 Å². The molecule has 63 heavy (non-hydrogen) atoms. The SMILES string of the molecule is CO[C@@H]1[C@@H](O[C@H]2O[C@@H](C)[C@H](O[C@H]3C[C@@](C)(O)[C@@H](OC(C)C)[C@H](O)O3)[C@@H](N)[C@@H]2O)[C@@H](CC=O)C[C@@H](C)[C@H](O[C@@H]2CC[C@@H](N(C)C)[C@H](C)O2)/C=C/C=C/C[C@@H](C)OC(=O)C[C@H]1OC(C)=O. The van der Waals surface area contributed by atoms with Gasteiger partial charge in [-0.25, -0.2) is 0 Å². The van der Waals surface area contributed by atoms with Crippen LogP contribution >= 0.6 is 0 Å². The monoisotopic (exact) mass is 901 g/mol. The lowest BCUT2D eigenvalue weighted by Crippen LogP contribution is -2.65. The van der Waals surface area contributed by atoms with Gasteiger partial charge in [-0.3, -0.25) is 9.59 Å². The van der Waals surface area contributed by atoms with E-state index in [1.807, 2.05) is 52.2 Å². The maximum Gasteiger partial charge on any atom is 0.309 e. The Labute approximate surface area is 372 Å². The highest BCUT2D eigenvalue weighted by Crippen LogP contribution is 2.37. The van der Waals surface area contributed by atoms with Gasteiger partial charge >= 0.3 is 11.9 Å². The molecule has 18 heteroatoms. The Bertz CT molecular complexity index is 1500. The van der Waals surface area contributed by atoms with Gasteiger partial charge in [0.05, 0.1) is 48.6 Å². The van der Waals surface area contributed by atoms with Gasteiger partial charge in [0.2, 0.25) is 0 Å². The number of rotatable bonds is 13. The van der Waals surface area contributed by atoms with E-state index in [1.54, 1.807) is 27.7 Å². The highest BCUT2D eigenvalue weighted by molar-refractivity contribution is 5.72. The number of ether oxygens (including phenoxy) is 10. The first-order chi connectivity index (χ1) is 29.6. The van der Waals surface area contributed by atoms with Crippen LogP contribution in [0.25, 0.3) is 0 Å². The molecule has 0 bridgehead atoms. The minimum absolute atomic E-state index is 0.0695. The van der Waals surface area contributed by atoms with Crippen molar-refractivity contribution in [1.82, 2.24) is 4.90 Å². The Morgan fingerprint density at radius 1 is 1.00 bits per heavy atom. The Morgan fingerprint density at radius 3 is 2.32 bits per heavy atom. The second-order valence-corrected chi connectivity index (χ2v) is 18.4. The van der Waals surface area contributed by atoms with Gasteiger partial charge < -0.3 is 78.1 Å². The molecule has 0 radical (unpaired) electrons. The topological polar surface area (TPSA) is 233 Å². The summed E-state index contributed by atoms with van der Waals surface area (Å²) in [7, 11) is 5.42. The van der Waals surface area contributed by atoms with Gasteiger partial charge in [0, 0.05) is 39.3 Å². The van der Waals surface area contributed by atoms with Crippen LogP contribution in [0.1, 0.15) is 100 Å². The molecule has 4 aliphatic rings. The number of allylic oxidation sites excluding steroid dienone is 2. The van der Waals surface area contributed by atoms with E-state index in [2.05, 4.69) is 4.90 Å². The fraction of sp³-hybridized carbons (Fsp3) is 0.844. The van der Waals surface area contributed by atoms with Crippen molar-refractivity contribution in [1.29, 1.82) is 0 Å². The number of nitrogens with zero attached hydrogens (tertiary/aromatic N) is 1. The number of esters is 2. The fourth-order valence-corrected chi connectivity index (χ4v) is 9.09. The minimum Gasteiger partial charge on any atom is -0.462 e. The van der Waals surface area contributed by atoms with E-state index in [9.17, 15) is 29.7 Å². The van der Waals surface area contributed by atoms with Crippen LogP contribution in [0.2, 0.25) is 0 Å². The normalized spacial score (nSPS) is 43.5. The first kappa shape index (κ1) is 53.2. The van der Waals surface area contributed by atoms with Gasteiger partial charge in [-0.05, 0) is 86.7 Å². The second-order valence-electron chi connectivity index (χ2n) is 18.4. The van der Waals surface area contributed by atoms with Gasteiger partial charge in [0.25, 0.3) is 0 Å². The lowest BCUT2D eigenvalue weighted by Gasteiger charge is -2.48. The summed E-state index contributed by atoms with van der Waals surface area (Å²) in [6.07, 6.45) is -4.15. The Hall–Kier alpha value is -2.43. The Kier molecular flexibility index (Phi) is 20.6. The summed E-state index contributed by atoms with van der Waals surface area (Å²) >= 11 is 0. The van der Waals surface area contributed by atoms with Crippen molar-refractivity contribution in [2.24, 2.45) is 17.6 Å². The third-order valence-corrected chi connectivity index (χ3v) is 12.3. The predicted molar refractivity (Wildman–Crippen MR) is 227 cm³/mol. The molecule has 0 unspecified atom stereocenters. The number of hydrogen-bond acceptors (Lipinski definition) is 18. The molecule has 0 aromatic carbocycles. The van der Waals surface area contributed by atoms with Crippen LogP contribution in [0.3, 0.4) is 0 Å². The number of nitrogens with two attached hydrogens (primary N) is 1. The van der Waals surface area contributed by atoms with E-state index >= 15 is 0 Å². The quantitative estimate of drug-likeness (QED) is 0.154. The highest BCUT2D eigenvalue weighted by atomic mass is 16.8. The number of likely N-dealkylation sites (N-methyl/N-ethyl adjacent to an activating group) is 1. The minimum atomic E-state index is -1.55. The molecule has 4 heterocycles. The zero-order valence-corrected chi connectivity index (χ0v) is 39.0. The van der Waals surface area contributed by atoms with Crippen molar-refractivity contribution in [2.75, 3.05) is 21.2 Å². The number of aldehydes is 1. The first-order valence-electron chi connectivity index (χ1n) is 22.4. The number of cyclic esters (lactones) is 1. The van der Waals surface area contributed by atoms with Crippen molar-refractivity contribution in [2.45, 2.75) is 210 Å². The zero-order valence-electron chi connectivity index (χ0n) is 39.0. The van der Waals surface area contributed by atoms with E-state index in [1.165, 1.54) is 21.0 Å². The molecular weight excluding hydrogens is 824 g/mol. The number of hydrogen-bond donors (Lipinski definition) is 4. The summed E-state index contributed by atoms with van der Waals surface area (Å²) in [5.41, 5.74) is 5.13. The van der Waals surface area contributed by atoms with E-state index in [0.29, 0.717) is 12.8 Å². The molecule has 0 aliphatic carbocycles. The number of aliphatic hydroxyl groups excluding tert-OH is 2. The number of carbonyl (C=O) groups excluding carboxylic acids is 3. The van der Waals surface area contributed by atoms with E-state index in [0.717, 1.165) is 12.7 Å². The molecule has 0 aromatic rings. The first-order valence-corrected chi connectivity index (χ1v) is 22.4. The third kappa shape index (κ3) is 15.0. The molecule has 0 amide bonds. The molecule has 4 rings (SSSR count). The maximum atomic E-state index is 13.4. The summed E-state index contributed by atoms with van der Waals surface area (Å²) < 4.78 is 61.1. The molecule has 0 spiro atoms. The lowest BCUT2D eigenvalue weighted by atomic mass is 9.82. The van der Waals surface area contributed by atoms with Crippen LogP contribution < -0.4 is 5.73 Å². The van der Waals surface area contributed by atoms with Crippen molar-refractivity contribution >= 4 is 18.2 Å². The fourth-order valence-electron chi connectivity index (χ4n) is 9.09.